The maximum Gasteiger partial charge on any atom is 0.122 e. The lowest BCUT2D eigenvalue weighted by Gasteiger charge is -2.21. The molecule has 0 amide bonds. The molecular formula is C19H25NO. The molecule has 2 heteroatoms. The second kappa shape index (κ2) is 7.28. The molecule has 2 rings (SSSR count). The number of hydrogen-bond donors (Lipinski definition) is 1. The molecule has 0 heterocycles. The Balaban J connectivity index is 1.94. The summed E-state index contributed by atoms with van der Waals surface area (Å²) in [6, 6.07) is 18.8. The molecule has 21 heavy (non-hydrogen) atoms. The van der Waals surface area contributed by atoms with Gasteiger partial charge in [0.2, 0.25) is 0 Å². The third-order valence-corrected chi connectivity index (χ3v) is 3.22. The minimum atomic E-state index is 0.132. The summed E-state index contributed by atoms with van der Waals surface area (Å²) in [5.74, 6) is 0.983. The first-order valence-electron chi connectivity index (χ1n) is 7.54. The van der Waals surface area contributed by atoms with Crippen LogP contribution in [0.5, 0.6) is 5.75 Å². The Morgan fingerprint density at radius 1 is 0.905 bits per heavy atom. The first-order chi connectivity index (χ1) is 10.0. The van der Waals surface area contributed by atoms with Crippen LogP contribution in [0.1, 0.15) is 31.9 Å². The van der Waals surface area contributed by atoms with Crippen LogP contribution in [0, 0.1) is 0 Å². The number of ether oxygens (including phenoxy) is 1. The summed E-state index contributed by atoms with van der Waals surface area (Å²) in [7, 11) is 0. The summed E-state index contributed by atoms with van der Waals surface area (Å²) >= 11 is 0. The van der Waals surface area contributed by atoms with Crippen LogP contribution in [0.15, 0.2) is 54.6 Å². The molecule has 112 valence electrons. The van der Waals surface area contributed by atoms with E-state index in [1.165, 1.54) is 11.1 Å². The van der Waals surface area contributed by atoms with Crippen molar-refractivity contribution in [2.75, 3.05) is 13.2 Å². The van der Waals surface area contributed by atoms with Gasteiger partial charge in [0.05, 0.1) is 0 Å². The van der Waals surface area contributed by atoms with Crippen molar-refractivity contribution in [2.24, 2.45) is 0 Å². The van der Waals surface area contributed by atoms with Gasteiger partial charge in [0.25, 0.3) is 0 Å². The molecular weight excluding hydrogens is 258 g/mol. The van der Waals surface area contributed by atoms with E-state index in [2.05, 4.69) is 68.6 Å². The lowest BCUT2D eigenvalue weighted by atomic mass is 10.0. The normalized spacial score (nSPS) is 11.4. The highest BCUT2D eigenvalue weighted by Crippen LogP contribution is 2.21. The summed E-state index contributed by atoms with van der Waals surface area (Å²) in [6.07, 6.45) is 0.906. The van der Waals surface area contributed by atoms with Crippen LogP contribution in [0.4, 0.5) is 0 Å². The molecule has 0 spiro atoms. The van der Waals surface area contributed by atoms with Gasteiger partial charge < -0.3 is 10.1 Å². The van der Waals surface area contributed by atoms with Crippen molar-refractivity contribution in [3.63, 3.8) is 0 Å². The van der Waals surface area contributed by atoms with E-state index in [-0.39, 0.29) is 5.54 Å². The number of rotatable bonds is 6. The summed E-state index contributed by atoms with van der Waals surface area (Å²) in [5, 5.41) is 3.44. The highest BCUT2D eigenvalue weighted by Gasteiger charge is 2.08. The summed E-state index contributed by atoms with van der Waals surface area (Å²) < 4.78 is 5.94. The van der Waals surface area contributed by atoms with Gasteiger partial charge in [-0.1, -0.05) is 48.5 Å². The van der Waals surface area contributed by atoms with Crippen molar-refractivity contribution in [3.8, 4) is 5.75 Å². The first-order valence-corrected chi connectivity index (χ1v) is 7.54. The van der Waals surface area contributed by atoms with Crippen LogP contribution in [0.2, 0.25) is 0 Å². The Bertz CT molecular complexity index is 543. The van der Waals surface area contributed by atoms with E-state index in [1.54, 1.807) is 0 Å². The van der Waals surface area contributed by atoms with Gasteiger partial charge in [0, 0.05) is 18.5 Å². The second-order valence-electron chi connectivity index (χ2n) is 6.30. The van der Waals surface area contributed by atoms with Crippen LogP contribution >= 0.6 is 0 Å². The van der Waals surface area contributed by atoms with Crippen LogP contribution in [0.3, 0.4) is 0 Å². The molecule has 0 saturated heterocycles. The molecule has 0 atom stereocenters. The van der Waals surface area contributed by atoms with Crippen LogP contribution < -0.4 is 10.1 Å². The highest BCUT2D eigenvalue weighted by molar-refractivity contribution is 5.37. The summed E-state index contributed by atoms with van der Waals surface area (Å²) in [4.78, 5) is 0. The number of para-hydroxylation sites is 1. The topological polar surface area (TPSA) is 21.3 Å². The van der Waals surface area contributed by atoms with Crippen molar-refractivity contribution < 1.29 is 4.74 Å². The highest BCUT2D eigenvalue weighted by atomic mass is 16.5. The van der Waals surface area contributed by atoms with Gasteiger partial charge in [0.1, 0.15) is 12.4 Å². The molecule has 2 aromatic rings. The Labute approximate surface area is 128 Å². The van der Waals surface area contributed by atoms with E-state index < -0.39 is 0 Å². The monoisotopic (exact) mass is 283 g/mol. The summed E-state index contributed by atoms with van der Waals surface area (Å²) in [5.41, 5.74) is 2.67. The maximum atomic E-state index is 5.94. The van der Waals surface area contributed by atoms with Gasteiger partial charge in [-0.15, -0.1) is 0 Å². The summed E-state index contributed by atoms with van der Waals surface area (Å²) in [6.45, 7) is 8.02. The van der Waals surface area contributed by atoms with E-state index in [1.807, 2.05) is 12.1 Å². The predicted molar refractivity (Wildman–Crippen MR) is 88.9 cm³/mol. The maximum absolute atomic E-state index is 5.94. The lowest BCUT2D eigenvalue weighted by Crippen LogP contribution is -2.38. The minimum absolute atomic E-state index is 0.132. The fraction of sp³-hybridized carbons (Fsp3) is 0.368. The lowest BCUT2D eigenvalue weighted by molar-refractivity contribution is 0.289. The third-order valence-electron chi connectivity index (χ3n) is 3.22. The second-order valence-corrected chi connectivity index (χ2v) is 6.30. The molecule has 0 aromatic heterocycles. The molecule has 0 aliphatic carbocycles. The smallest absolute Gasteiger partial charge is 0.122 e. The third kappa shape index (κ3) is 5.60. The Hall–Kier alpha value is -1.80. The molecule has 1 N–H and O–H groups in total. The first kappa shape index (κ1) is 15.6. The van der Waals surface area contributed by atoms with Crippen LogP contribution in [-0.2, 0) is 6.42 Å². The molecule has 0 bridgehead atoms. The molecule has 2 nitrogen and oxygen atoms in total. The molecule has 0 aliphatic rings. The Morgan fingerprint density at radius 2 is 1.57 bits per heavy atom. The fourth-order valence-corrected chi connectivity index (χ4v) is 2.19. The zero-order valence-electron chi connectivity index (χ0n) is 13.2. The SMILES string of the molecule is CC(C)(C)NCCOc1ccccc1Cc1ccccc1. The molecule has 0 aliphatic heterocycles. The zero-order chi connectivity index (χ0) is 15.1. The van der Waals surface area contributed by atoms with Crippen LogP contribution in [-0.4, -0.2) is 18.7 Å². The van der Waals surface area contributed by atoms with Gasteiger partial charge in [-0.2, -0.15) is 0 Å². The van der Waals surface area contributed by atoms with E-state index in [4.69, 9.17) is 4.74 Å². The van der Waals surface area contributed by atoms with Crippen molar-refractivity contribution in [2.45, 2.75) is 32.7 Å². The Kier molecular flexibility index (Phi) is 5.40. The molecule has 2 aromatic carbocycles. The van der Waals surface area contributed by atoms with Crippen LogP contribution in [0.25, 0.3) is 0 Å². The molecule has 0 saturated carbocycles. The predicted octanol–water partition coefficient (Wildman–Crippen LogP) is 4.04. The Morgan fingerprint density at radius 3 is 2.29 bits per heavy atom. The van der Waals surface area contributed by atoms with Crippen molar-refractivity contribution in [3.05, 3.63) is 65.7 Å². The van der Waals surface area contributed by atoms with Crippen molar-refractivity contribution in [1.82, 2.24) is 5.32 Å². The molecule has 0 radical (unpaired) electrons. The molecule has 0 fully saturated rings. The number of benzene rings is 2. The fourth-order valence-electron chi connectivity index (χ4n) is 2.19. The number of nitrogens with one attached hydrogen (secondary N) is 1. The van der Waals surface area contributed by atoms with Crippen molar-refractivity contribution in [1.29, 1.82) is 0 Å². The van der Waals surface area contributed by atoms with E-state index in [0.717, 1.165) is 18.7 Å². The quantitative estimate of drug-likeness (QED) is 0.808. The van der Waals surface area contributed by atoms with E-state index >= 15 is 0 Å². The van der Waals surface area contributed by atoms with Gasteiger partial charge in [0.15, 0.2) is 0 Å². The average Bonchev–Trinajstić information content (AvgIpc) is 2.45. The van der Waals surface area contributed by atoms with Gasteiger partial charge in [-0.05, 0) is 38.0 Å². The average molecular weight is 283 g/mol. The van der Waals surface area contributed by atoms with E-state index in [0.29, 0.717) is 6.61 Å². The minimum Gasteiger partial charge on any atom is -0.492 e. The van der Waals surface area contributed by atoms with Gasteiger partial charge >= 0.3 is 0 Å². The van der Waals surface area contributed by atoms with Gasteiger partial charge in [-0.3, -0.25) is 0 Å². The zero-order valence-corrected chi connectivity index (χ0v) is 13.2. The molecule has 0 unspecified atom stereocenters. The number of hydrogen-bond acceptors (Lipinski definition) is 2. The van der Waals surface area contributed by atoms with Gasteiger partial charge in [-0.25, -0.2) is 0 Å². The van der Waals surface area contributed by atoms with E-state index in [9.17, 15) is 0 Å². The largest absolute Gasteiger partial charge is 0.492 e. The van der Waals surface area contributed by atoms with Crippen molar-refractivity contribution >= 4 is 0 Å². The standard InChI is InChI=1S/C19H25NO/c1-19(2,3)20-13-14-21-18-12-8-7-11-17(18)15-16-9-5-4-6-10-16/h4-12,20H,13-15H2,1-3H3.